The number of nitrogens with two attached hydrogens (primary N) is 1. The molecule has 0 aliphatic carbocycles. The molecule has 1 heterocycles. The number of hydrogen-bond acceptors (Lipinski definition) is 4. The molecule has 1 rings (SSSR count). The summed E-state index contributed by atoms with van der Waals surface area (Å²) in [4.78, 5) is 16.7. The molecule has 3 N–H and O–H groups in total. The van der Waals surface area contributed by atoms with E-state index in [1.165, 1.54) is 0 Å². The van der Waals surface area contributed by atoms with Crippen molar-refractivity contribution in [2.45, 2.75) is 6.92 Å². The molecular weight excluding hydrogens is 192 g/mol. The Bertz CT molecular complexity index is 340. The Labute approximate surface area is 89.3 Å². The first-order valence-corrected chi connectivity index (χ1v) is 4.83. The summed E-state index contributed by atoms with van der Waals surface area (Å²) >= 11 is 0. The van der Waals surface area contributed by atoms with Crippen LogP contribution in [0, 0.1) is 0 Å². The molecule has 1 aromatic heterocycles. The maximum Gasteiger partial charge on any atom is 0.236 e. The average molecular weight is 208 g/mol. The molecule has 5 nitrogen and oxygen atoms in total. The number of anilines is 2. The van der Waals surface area contributed by atoms with Crippen molar-refractivity contribution in [2.75, 3.05) is 30.4 Å². The third-order valence-electron chi connectivity index (χ3n) is 1.94. The first-order chi connectivity index (χ1) is 7.13. The van der Waals surface area contributed by atoms with E-state index in [-0.39, 0.29) is 12.5 Å². The molecule has 0 aromatic carbocycles. The SMILES string of the molecule is CCNc1cc(N(C)CC(N)=O)ccn1. The Morgan fingerprint density at radius 1 is 1.67 bits per heavy atom. The molecule has 0 saturated carbocycles. The van der Waals surface area contributed by atoms with Crippen LogP contribution in [0.25, 0.3) is 0 Å². The summed E-state index contributed by atoms with van der Waals surface area (Å²) in [6.45, 7) is 3.02. The number of likely N-dealkylation sites (N-methyl/N-ethyl adjacent to an activating group) is 1. The van der Waals surface area contributed by atoms with Gasteiger partial charge in [0, 0.05) is 31.5 Å². The zero-order valence-corrected chi connectivity index (χ0v) is 9.03. The number of hydrogen-bond donors (Lipinski definition) is 2. The minimum atomic E-state index is -0.348. The molecule has 1 amide bonds. The van der Waals surface area contributed by atoms with Gasteiger partial charge in [0.05, 0.1) is 6.54 Å². The van der Waals surface area contributed by atoms with Crippen LogP contribution in [-0.4, -0.2) is 31.0 Å². The highest BCUT2D eigenvalue weighted by atomic mass is 16.1. The summed E-state index contributed by atoms with van der Waals surface area (Å²) in [6, 6.07) is 3.72. The van der Waals surface area contributed by atoms with Crippen molar-refractivity contribution in [1.29, 1.82) is 0 Å². The summed E-state index contributed by atoms with van der Waals surface area (Å²) in [5.74, 6) is 0.450. The molecule has 0 radical (unpaired) electrons. The molecule has 1 aromatic rings. The van der Waals surface area contributed by atoms with Gasteiger partial charge in [-0.15, -0.1) is 0 Å². The molecular formula is C10H16N4O. The molecule has 0 atom stereocenters. The molecule has 5 heteroatoms. The fourth-order valence-electron chi connectivity index (χ4n) is 1.26. The van der Waals surface area contributed by atoms with Gasteiger partial charge in [0.1, 0.15) is 5.82 Å². The van der Waals surface area contributed by atoms with Crippen molar-refractivity contribution >= 4 is 17.4 Å². The maximum absolute atomic E-state index is 10.7. The van der Waals surface area contributed by atoms with Gasteiger partial charge in [-0.2, -0.15) is 0 Å². The van der Waals surface area contributed by atoms with Crippen molar-refractivity contribution in [3.8, 4) is 0 Å². The van der Waals surface area contributed by atoms with Crippen LogP contribution in [0.2, 0.25) is 0 Å². The molecule has 0 aliphatic heterocycles. The molecule has 0 spiro atoms. The van der Waals surface area contributed by atoms with E-state index in [9.17, 15) is 4.79 Å². The van der Waals surface area contributed by atoms with E-state index in [2.05, 4.69) is 10.3 Å². The second-order valence-corrected chi connectivity index (χ2v) is 3.25. The van der Waals surface area contributed by atoms with E-state index in [1.807, 2.05) is 26.1 Å². The maximum atomic E-state index is 10.7. The molecule has 82 valence electrons. The van der Waals surface area contributed by atoms with Crippen LogP contribution in [0.5, 0.6) is 0 Å². The fourth-order valence-corrected chi connectivity index (χ4v) is 1.26. The second kappa shape index (κ2) is 5.19. The second-order valence-electron chi connectivity index (χ2n) is 3.25. The van der Waals surface area contributed by atoms with Crippen LogP contribution in [0.4, 0.5) is 11.5 Å². The number of nitrogens with one attached hydrogen (secondary N) is 1. The Balaban J connectivity index is 2.75. The lowest BCUT2D eigenvalue weighted by Crippen LogP contribution is -2.30. The van der Waals surface area contributed by atoms with E-state index in [0.717, 1.165) is 18.1 Å². The lowest BCUT2D eigenvalue weighted by molar-refractivity contribution is -0.116. The summed E-state index contributed by atoms with van der Waals surface area (Å²) in [5, 5.41) is 3.10. The van der Waals surface area contributed by atoms with Crippen LogP contribution in [-0.2, 0) is 4.79 Å². The number of carbonyl (C=O) groups is 1. The lowest BCUT2D eigenvalue weighted by Gasteiger charge is -2.17. The van der Waals surface area contributed by atoms with Crippen LogP contribution in [0.1, 0.15) is 6.92 Å². The first kappa shape index (κ1) is 11.3. The summed E-state index contributed by atoms with van der Waals surface area (Å²) in [5.41, 5.74) is 6.03. The van der Waals surface area contributed by atoms with Crippen molar-refractivity contribution in [3.63, 3.8) is 0 Å². The molecule has 0 fully saturated rings. The third kappa shape index (κ3) is 3.46. The normalized spacial score (nSPS) is 9.73. The largest absolute Gasteiger partial charge is 0.370 e. The zero-order chi connectivity index (χ0) is 11.3. The number of carbonyl (C=O) groups excluding carboxylic acids is 1. The topological polar surface area (TPSA) is 71.2 Å². The lowest BCUT2D eigenvalue weighted by atomic mass is 10.3. The quantitative estimate of drug-likeness (QED) is 0.736. The number of amides is 1. The Hall–Kier alpha value is -1.78. The first-order valence-electron chi connectivity index (χ1n) is 4.83. The highest BCUT2D eigenvalue weighted by Gasteiger charge is 2.04. The smallest absolute Gasteiger partial charge is 0.236 e. The Morgan fingerprint density at radius 3 is 3.00 bits per heavy atom. The number of nitrogens with zero attached hydrogens (tertiary/aromatic N) is 2. The molecule has 0 aliphatic rings. The predicted molar refractivity (Wildman–Crippen MR) is 60.9 cm³/mol. The number of aromatic nitrogens is 1. The van der Waals surface area contributed by atoms with Gasteiger partial charge in [-0.25, -0.2) is 4.98 Å². The Morgan fingerprint density at radius 2 is 2.40 bits per heavy atom. The number of primary amides is 1. The van der Waals surface area contributed by atoms with Crippen molar-refractivity contribution in [2.24, 2.45) is 5.73 Å². The zero-order valence-electron chi connectivity index (χ0n) is 9.03. The van der Waals surface area contributed by atoms with E-state index >= 15 is 0 Å². The van der Waals surface area contributed by atoms with Gasteiger partial charge in [-0.3, -0.25) is 4.79 Å². The highest BCUT2D eigenvalue weighted by Crippen LogP contribution is 2.15. The van der Waals surface area contributed by atoms with E-state index < -0.39 is 0 Å². The number of pyridine rings is 1. The number of rotatable bonds is 5. The minimum Gasteiger partial charge on any atom is -0.370 e. The van der Waals surface area contributed by atoms with Gasteiger partial charge in [0.15, 0.2) is 0 Å². The highest BCUT2D eigenvalue weighted by molar-refractivity contribution is 5.79. The van der Waals surface area contributed by atoms with Crippen molar-refractivity contribution < 1.29 is 4.79 Å². The summed E-state index contributed by atoms with van der Waals surface area (Å²) in [6.07, 6.45) is 1.70. The average Bonchev–Trinajstić information content (AvgIpc) is 2.17. The fraction of sp³-hybridized carbons (Fsp3) is 0.400. The molecule has 0 unspecified atom stereocenters. The van der Waals surface area contributed by atoms with Gasteiger partial charge in [0.2, 0.25) is 5.91 Å². The van der Waals surface area contributed by atoms with Crippen molar-refractivity contribution in [3.05, 3.63) is 18.3 Å². The van der Waals surface area contributed by atoms with Crippen LogP contribution in [0.3, 0.4) is 0 Å². The third-order valence-corrected chi connectivity index (χ3v) is 1.94. The van der Waals surface area contributed by atoms with Crippen LogP contribution < -0.4 is 16.0 Å². The molecule has 0 bridgehead atoms. The summed E-state index contributed by atoms with van der Waals surface area (Å²) < 4.78 is 0. The van der Waals surface area contributed by atoms with Crippen LogP contribution in [0.15, 0.2) is 18.3 Å². The monoisotopic (exact) mass is 208 g/mol. The van der Waals surface area contributed by atoms with E-state index in [4.69, 9.17) is 5.73 Å². The van der Waals surface area contributed by atoms with E-state index in [1.54, 1.807) is 11.1 Å². The Kier molecular flexibility index (Phi) is 3.91. The van der Waals surface area contributed by atoms with Gasteiger partial charge < -0.3 is 16.0 Å². The minimum absolute atomic E-state index is 0.204. The molecule has 0 saturated heterocycles. The van der Waals surface area contributed by atoms with Gasteiger partial charge in [-0.05, 0) is 13.0 Å². The van der Waals surface area contributed by atoms with Gasteiger partial charge in [-0.1, -0.05) is 0 Å². The summed E-state index contributed by atoms with van der Waals surface area (Å²) in [7, 11) is 1.82. The molecule has 15 heavy (non-hydrogen) atoms. The van der Waals surface area contributed by atoms with Gasteiger partial charge >= 0.3 is 0 Å². The predicted octanol–water partition coefficient (Wildman–Crippen LogP) is 0.435. The van der Waals surface area contributed by atoms with Crippen molar-refractivity contribution in [1.82, 2.24) is 4.98 Å². The van der Waals surface area contributed by atoms with Crippen LogP contribution >= 0.6 is 0 Å². The van der Waals surface area contributed by atoms with E-state index in [0.29, 0.717) is 0 Å². The standard InChI is InChI=1S/C10H16N4O/c1-3-12-10-6-8(4-5-13-10)14(2)7-9(11)15/h4-6H,3,7H2,1-2H3,(H2,11,15)(H,12,13). The van der Waals surface area contributed by atoms with Gasteiger partial charge in [0.25, 0.3) is 0 Å².